The third kappa shape index (κ3) is 3.07. The highest BCUT2D eigenvalue weighted by atomic mass is 35.5. The number of nitrogens with zero attached hydrogens (tertiary/aromatic N) is 6. The Labute approximate surface area is 170 Å². The minimum atomic E-state index is -0.322. The molecule has 0 aliphatic carbocycles. The van der Waals surface area contributed by atoms with Crippen LogP contribution in [0.2, 0.25) is 5.15 Å². The van der Waals surface area contributed by atoms with E-state index in [2.05, 4.69) is 20.4 Å². The predicted octanol–water partition coefficient (Wildman–Crippen LogP) is 3.08. The van der Waals surface area contributed by atoms with Crippen LogP contribution in [0.4, 0.5) is 11.6 Å². The zero-order chi connectivity index (χ0) is 19.3. The molecule has 0 saturated carbocycles. The molecule has 1 saturated heterocycles. The quantitative estimate of drug-likeness (QED) is 0.601. The van der Waals surface area contributed by atoms with Gasteiger partial charge in [-0.2, -0.15) is 10.1 Å². The second-order valence-electron chi connectivity index (χ2n) is 6.99. The molecule has 1 N–H and O–H groups in total. The molecule has 2 aliphatic rings. The number of nitrogens with one attached hydrogen (secondary N) is 1. The number of hydrogen-bond donors (Lipinski definition) is 1. The number of fused-ring (bicyclic) bond motifs is 2. The molecule has 0 amide bonds. The highest BCUT2D eigenvalue weighted by molar-refractivity contribution is 6.34. The molecule has 0 aromatic carbocycles. The molecule has 1 atom stereocenters. The van der Waals surface area contributed by atoms with Gasteiger partial charge in [-0.15, -0.1) is 16.7 Å². The van der Waals surface area contributed by atoms with E-state index in [4.69, 9.17) is 37.8 Å². The maximum absolute atomic E-state index is 6.50. The zero-order valence-electron chi connectivity index (χ0n) is 15.2. The minimum Gasteiger partial charge on any atom is -0.473 e. The van der Waals surface area contributed by atoms with Crippen molar-refractivity contribution in [3.05, 3.63) is 17.0 Å². The summed E-state index contributed by atoms with van der Waals surface area (Å²) in [6, 6.07) is 0.273. The number of rotatable bonds is 1. The molecule has 1 fully saturated rings. The molecule has 5 heterocycles. The second-order valence-corrected chi connectivity index (χ2v) is 7.97. The van der Waals surface area contributed by atoms with Gasteiger partial charge in [-0.1, -0.05) is 11.6 Å². The number of anilines is 2. The van der Waals surface area contributed by atoms with E-state index in [1.807, 2.05) is 11.6 Å². The molecule has 2 aliphatic heterocycles. The summed E-state index contributed by atoms with van der Waals surface area (Å²) in [6.45, 7) is 4.17. The van der Waals surface area contributed by atoms with Crippen molar-refractivity contribution >= 4 is 45.9 Å². The Kier molecular flexibility index (Phi) is 4.53. The fourth-order valence-corrected chi connectivity index (χ4v) is 4.07. The van der Waals surface area contributed by atoms with Gasteiger partial charge < -0.3 is 14.8 Å². The van der Waals surface area contributed by atoms with Crippen LogP contribution in [0, 0.1) is 6.92 Å². The molecule has 3 aromatic rings. The molecule has 0 radical (unpaired) electrons. The average molecular weight is 424 g/mol. The van der Waals surface area contributed by atoms with Gasteiger partial charge in [0.15, 0.2) is 10.8 Å². The van der Waals surface area contributed by atoms with Crippen LogP contribution in [0.1, 0.15) is 24.6 Å². The van der Waals surface area contributed by atoms with Gasteiger partial charge in [0, 0.05) is 19.4 Å². The van der Waals surface area contributed by atoms with Crippen molar-refractivity contribution in [1.82, 2.24) is 29.5 Å². The van der Waals surface area contributed by atoms with E-state index in [0.717, 1.165) is 37.4 Å². The van der Waals surface area contributed by atoms with Gasteiger partial charge in [-0.3, -0.25) is 4.68 Å². The molecular formula is C17H19Cl2N7O2. The van der Waals surface area contributed by atoms with Gasteiger partial charge in [0.25, 0.3) is 5.88 Å². The SMILES string of the molecule is Cc1c2c(nn1C1CCOCC1)OC[C@H](Cl)Cn1nc(Cl)c3cnc(nc31)N2. The lowest BCUT2D eigenvalue weighted by atomic mass is 10.1. The largest absolute Gasteiger partial charge is 0.473 e. The first-order valence-electron chi connectivity index (χ1n) is 9.20. The molecular weight excluding hydrogens is 405 g/mol. The minimum absolute atomic E-state index is 0.273. The van der Waals surface area contributed by atoms with Crippen LogP contribution in [0.15, 0.2) is 6.20 Å². The van der Waals surface area contributed by atoms with Gasteiger partial charge >= 0.3 is 0 Å². The van der Waals surface area contributed by atoms with Crippen LogP contribution in [0.3, 0.4) is 0 Å². The standard InChI is InChI=1S/C17H19Cl2N7O2/c1-9-13-16(24-26(9)11-2-4-27-5-3-11)28-8-10(18)7-25-15-12(14(19)23-25)6-20-17(21-13)22-15/h6,10-11H,2-5,7-8H2,1H3,(H,20,21,22)/t10-/m1/s1. The Bertz CT molecular complexity index is 1030. The second kappa shape index (κ2) is 7.06. The molecule has 11 heteroatoms. The van der Waals surface area contributed by atoms with Gasteiger partial charge in [0.2, 0.25) is 5.95 Å². The van der Waals surface area contributed by atoms with E-state index in [1.165, 1.54) is 0 Å². The maximum atomic E-state index is 6.50. The lowest BCUT2D eigenvalue weighted by Gasteiger charge is -2.23. The Morgan fingerprint density at radius 2 is 2.07 bits per heavy atom. The van der Waals surface area contributed by atoms with Gasteiger partial charge in [0.1, 0.15) is 12.3 Å². The summed E-state index contributed by atoms with van der Waals surface area (Å²) >= 11 is 12.7. The predicted molar refractivity (Wildman–Crippen MR) is 105 cm³/mol. The van der Waals surface area contributed by atoms with Gasteiger partial charge in [-0.25, -0.2) is 9.67 Å². The number of halogens is 2. The summed E-state index contributed by atoms with van der Waals surface area (Å²) in [6.07, 6.45) is 3.50. The van der Waals surface area contributed by atoms with Crippen LogP contribution >= 0.6 is 23.2 Å². The summed E-state index contributed by atoms with van der Waals surface area (Å²) in [5.74, 6) is 0.925. The van der Waals surface area contributed by atoms with Crippen molar-refractivity contribution < 1.29 is 9.47 Å². The summed E-state index contributed by atoms with van der Waals surface area (Å²) in [4.78, 5) is 8.98. The van der Waals surface area contributed by atoms with Crippen LogP contribution in [0.25, 0.3) is 11.0 Å². The molecule has 3 aromatic heterocycles. The summed E-state index contributed by atoms with van der Waals surface area (Å²) in [7, 11) is 0. The Balaban J connectivity index is 1.60. The first-order chi connectivity index (χ1) is 13.6. The van der Waals surface area contributed by atoms with E-state index in [9.17, 15) is 0 Å². The lowest BCUT2D eigenvalue weighted by Crippen LogP contribution is -2.22. The number of alkyl halides is 1. The van der Waals surface area contributed by atoms with Crippen molar-refractivity contribution in [3.8, 4) is 5.88 Å². The summed E-state index contributed by atoms with van der Waals surface area (Å²) in [5.41, 5.74) is 2.34. The van der Waals surface area contributed by atoms with E-state index < -0.39 is 0 Å². The third-order valence-electron chi connectivity index (χ3n) is 5.11. The van der Waals surface area contributed by atoms with Crippen LogP contribution in [0.5, 0.6) is 5.88 Å². The first-order valence-corrected chi connectivity index (χ1v) is 10.0. The topological polar surface area (TPSA) is 91.9 Å². The van der Waals surface area contributed by atoms with E-state index >= 15 is 0 Å². The van der Waals surface area contributed by atoms with Crippen LogP contribution < -0.4 is 10.1 Å². The Morgan fingerprint density at radius 1 is 1.25 bits per heavy atom. The molecule has 0 spiro atoms. The first kappa shape index (κ1) is 18.0. The van der Waals surface area contributed by atoms with E-state index in [-0.39, 0.29) is 18.0 Å². The summed E-state index contributed by atoms with van der Waals surface area (Å²) < 4.78 is 15.1. The molecule has 2 bridgehead atoms. The number of ether oxygens (including phenoxy) is 2. The van der Waals surface area contributed by atoms with Crippen molar-refractivity contribution in [2.45, 2.75) is 37.7 Å². The molecule has 0 unspecified atom stereocenters. The number of hydrogen-bond acceptors (Lipinski definition) is 7. The molecule has 9 nitrogen and oxygen atoms in total. The molecule has 148 valence electrons. The highest BCUT2D eigenvalue weighted by Gasteiger charge is 2.26. The van der Waals surface area contributed by atoms with Crippen molar-refractivity contribution in [1.29, 1.82) is 0 Å². The monoisotopic (exact) mass is 423 g/mol. The van der Waals surface area contributed by atoms with Crippen molar-refractivity contribution in [3.63, 3.8) is 0 Å². The Hall–Kier alpha value is -2.10. The fourth-order valence-electron chi connectivity index (χ4n) is 3.65. The van der Waals surface area contributed by atoms with E-state index in [1.54, 1.807) is 10.9 Å². The van der Waals surface area contributed by atoms with Crippen LogP contribution in [-0.4, -0.2) is 54.7 Å². The normalized spacial score (nSPS) is 20.5. The molecule has 28 heavy (non-hydrogen) atoms. The molecule has 5 rings (SSSR count). The van der Waals surface area contributed by atoms with Gasteiger partial charge in [-0.05, 0) is 19.8 Å². The zero-order valence-corrected chi connectivity index (χ0v) is 16.7. The van der Waals surface area contributed by atoms with Crippen molar-refractivity contribution in [2.75, 3.05) is 25.1 Å². The third-order valence-corrected chi connectivity index (χ3v) is 5.65. The van der Waals surface area contributed by atoms with E-state index in [0.29, 0.717) is 34.6 Å². The number of aromatic nitrogens is 6. The van der Waals surface area contributed by atoms with Crippen LogP contribution in [-0.2, 0) is 11.3 Å². The average Bonchev–Trinajstić information content (AvgIpc) is 3.17. The smallest absolute Gasteiger partial charge is 0.257 e. The maximum Gasteiger partial charge on any atom is 0.257 e. The summed E-state index contributed by atoms with van der Waals surface area (Å²) in [5, 5.41) is 13.0. The fraction of sp³-hybridized carbons (Fsp3) is 0.529. The highest BCUT2D eigenvalue weighted by Crippen LogP contribution is 2.35. The lowest BCUT2D eigenvalue weighted by molar-refractivity contribution is 0.0652. The Morgan fingerprint density at radius 3 is 2.89 bits per heavy atom. The van der Waals surface area contributed by atoms with Crippen molar-refractivity contribution in [2.24, 2.45) is 0 Å². The van der Waals surface area contributed by atoms with Gasteiger partial charge in [0.05, 0.1) is 29.0 Å².